The second-order valence-corrected chi connectivity index (χ2v) is 8.91. The number of anilines is 1. The minimum Gasteiger partial charge on any atom is -0.406 e. The summed E-state index contributed by atoms with van der Waals surface area (Å²) in [7, 11) is 0. The van der Waals surface area contributed by atoms with Gasteiger partial charge in [-0.2, -0.15) is 0 Å². The highest BCUT2D eigenvalue weighted by Crippen LogP contribution is 2.31. The quantitative estimate of drug-likeness (QED) is 0.616. The van der Waals surface area contributed by atoms with Gasteiger partial charge in [-0.05, 0) is 43.2 Å². The Morgan fingerprint density at radius 1 is 1.30 bits per heavy atom. The molecule has 8 nitrogen and oxygen atoms in total. The third-order valence-electron chi connectivity index (χ3n) is 5.38. The first-order valence-electron chi connectivity index (χ1n) is 10.4. The van der Waals surface area contributed by atoms with Gasteiger partial charge >= 0.3 is 6.36 Å². The Balaban J connectivity index is 1.28. The third-order valence-corrected chi connectivity index (χ3v) is 6.29. The van der Waals surface area contributed by atoms with Gasteiger partial charge in [0.05, 0.1) is 12.5 Å². The van der Waals surface area contributed by atoms with Crippen molar-refractivity contribution < 1.29 is 22.7 Å². The zero-order chi connectivity index (χ0) is 23.4. The van der Waals surface area contributed by atoms with Gasteiger partial charge < -0.3 is 15.8 Å². The maximum absolute atomic E-state index is 12.4. The number of carbonyl (C=O) groups is 1. The molecule has 1 fully saturated rings. The van der Waals surface area contributed by atoms with E-state index < -0.39 is 12.5 Å². The number of nitrogens with one attached hydrogen (secondary N) is 1. The summed E-state index contributed by atoms with van der Waals surface area (Å²) in [6, 6.07) is 5.38. The van der Waals surface area contributed by atoms with Gasteiger partial charge in [0.2, 0.25) is 11.0 Å². The fourth-order valence-electron chi connectivity index (χ4n) is 3.94. The normalized spacial score (nSPS) is 23.4. The van der Waals surface area contributed by atoms with Crippen LogP contribution in [-0.4, -0.2) is 58.9 Å². The van der Waals surface area contributed by atoms with Crippen LogP contribution in [0.25, 0.3) is 0 Å². The number of hydrogen-bond acceptors (Lipinski definition) is 8. The Kier molecular flexibility index (Phi) is 6.94. The Hall–Kier alpha value is -2.99. The number of amides is 1. The summed E-state index contributed by atoms with van der Waals surface area (Å²) in [6.07, 6.45) is 2.29. The second kappa shape index (κ2) is 9.87. The number of hydrogen-bond donors (Lipinski definition) is 2. The molecule has 1 amide bonds. The minimum atomic E-state index is -4.78. The molecular weight excluding hydrogens is 457 g/mol. The van der Waals surface area contributed by atoms with Crippen LogP contribution in [0.15, 0.2) is 41.4 Å². The number of carbonyl (C=O) groups excluding carboxylic acids is 1. The lowest BCUT2D eigenvalue weighted by Gasteiger charge is -2.35. The van der Waals surface area contributed by atoms with Crippen molar-refractivity contribution in [3.8, 4) is 5.75 Å². The summed E-state index contributed by atoms with van der Waals surface area (Å²) in [5.74, 6) is -0.427. The lowest BCUT2D eigenvalue weighted by atomic mass is 9.97. The van der Waals surface area contributed by atoms with E-state index in [0.29, 0.717) is 10.7 Å². The Morgan fingerprint density at radius 2 is 2.15 bits per heavy atom. The summed E-state index contributed by atoms with van der Waals surface area (Å²) in [5, 5.41) is 12.3. The summed E-state index contributed by atoms with van der Waals surface area (Å²) in [5.41, 5.74) is 6.12. The fraction of sp³-hybridized carbons (Fsp3) is 0.429. The van der Waals surface area contributed by atoms with E-state index in [1.807, 2.05) is 12.2 Å². The highest BCUT2D eigenvalue weighted by molar-refractivity contribution is 7.15. The van der Waals surface area contributed by atoms with E-state index in [2.05, 4.69) is 30.1 Å². The van der Waals surface area contributed by atoms with Gasteiger partial charge in [-0.1, -0.05) is 29.5 Å². The van der Waals surface area contributed by atoms with Gasteiger partial charge in [0, 0.05) is 18.7 Å². The number of likely N-dealkylation sites (tertiary alicyclic amines) is 1. The molecule has 0 saturated carbocycles. The molecule has 1 aromatic heterocycles. The van der Waals surface area contributed by atoms with Gasteiger partial charge in [0.15, 0.2) is 0 Å². The van der Waals surface area contributed by atoms with E-state index in [1.165, 1.54) is 29.5 Å². The number of rotatable bonds is 6. The molecule has 33 heavy (non-hydrogen) atoms. The van der Waals surface area contributed by atoms with Crippen LogP contribution in [0.2, 0.25) is 0 Å². The first-order chi connectivity index (χ1) is 15.7. The molecule has 4 rings (SSSR count). The highest BCUT2D eigenvalue weighted by Gasteiger charge is 2.31. The van der Waals surface area contributed by atoms with E-state index in [0.717, 1.165) is 30.9 Å². The van der Waals surface area contributed by atoms with Crippen LogP contribution in [0.1, 0.15) is 29.3 Å². The van der Waals surface area contributed by atoms with Crippen molar-refractivity contribution in [2.45, 2.75) is 43.8 Å². The molecular formula is C21H23F3N6O2S. The van der Waals surface area contributed by atoms with Gasteiger partial charge in [-0.15, -0.1) is 23.4 Å². The summed E-state index contributed by atoms with van der Waals surface area (Å²) in [4.78, 5) is 19.1. The van der Waals surface area contributed by atoms with Crippen LogP contribution in [0.4, 0.5) is 18.3 Å². The number of nitrogens with zero attached hydrogens (tertiary/aromatic N) is 4. The van der Waals surface area contributed by atoms with E-state index >= 15 is 0 Å². The fourth-order valence-corrected chi connectivity index (χ4v) is 4.68. The third kappa shape index (κ3) is 6.51. The van der Waals surface area contributed by atoms with E-state index in [9.17, 15) is 18.0 Å². The van der Waals surface area contributed by atoms with Gasteiger partial charge in [0.25, 0.3) is 0 Å². The summed E-state index contributed by atoms with van der Waals surface area (Å²) < 4.78 is 41.0. The summed E-state index contributed by atoms with van der Waals surface area (Å²) in [6.45, 7) is 1.75. The molecule has 3 heterocycles. The second-order valence-electron chi connectivity index (χ2n) is 7.87. The molecule has 2 aliphatic rings. The van der Waals surface area contributed by atoms with Crippen LogP contribution < -0.4 is 15.8 Å². The number of piperidine rings is 1. The standard InChI is InChI=1S/C21H23F3N6O2S/c22-21(23,24)32-16-5-1-3-13(9-16)10-18(31)27-17-7-6-15(11-26-17)30-8-2-4-14(12-30)19-28-29-20(25)33-19/h1,3,5-7,9,11,14-15,17H,2,4,8,10,12H2,(H2,25,29)(H,27,31). The smallest absolute Gasteiger partial charge is 0.406 e. The number of dihydropyridines is 1. The zero-order valence-electron chi connectivity index (χ0n) is 17.5. The molecule has 0 spiro atoms. The van der Waals surface area contributed by atoms with Crippen molar-refractivity contribution in [1.29, 1.82) is 0 Å². The average Bonchev–Trinajstić information content (AvgIpc) is 3.20. The molecule has 3 unspecified atom stereocenters. The number of benzene rings is 1. The van der Waals surface area contributed by atoms with Crippen molar-refractivity contribution in [2.24, 2.45) is 4.99 Å². The molecule has 0 aliphatic carbocycles. The molecule has 2 aromatic rings. The topological polar surface area (TPSA) is 106 Å². The lowest BCUT2D eigenvalue weighted by molar-refractivity contribution is -0.274. The molecule has 2 aliphatic heterocycles. The molecule has 3 N–H and O–H groups in total. The monoisotopic (exact) mass is 480 g/mol. The van der Waals surface area contributed by atoms with Gasteiger partial charge in [0.1, 0.15) is 16.9 Å². The number of nitrogens with two attached hydrogens (primary N) is 1. The van der Waals surface area contributed by atoms with E-state index in [1.54, 1.807) is 12.3 Å². The molecule has 12 heteroatoms. The predicted octanol–water partition coefficient (Wildman–Crippen LogP) is 2.89. The number of alkyl halides is 3. The Morgan fingerprint density at radius 3 is 2.85 bits per heavy atom. The molecule has 176 valence electrons. The Bertz CT molecular complexity index is 1030. The largest absolute Gasteiger partial charge is 0.573 e. The SMILES string of the molecule is Nc1nnc(C2CCCN(C3C=CC(NC(=O)Cc4cccc(OC(F)(F)F)c4)N=C3)C2)s1. The van der Waals surface area contributed by atoms with Crippen molar-refractivity contribution in [3.05, 3.63) is 47.0 Å². The minimum absolute atomic E-state index is 0.0161. The summed E-state index contributed by atoms with van der Waals surface area (Å²) >= 11 is 1.42. The van der Waals surface area contributed by atoms with Crippen molar-refractivity contribution in [3.63, 3.8) is 0 Å². The van der Waals surface area contributed by atoms with Crippen LogP contribution >= 0.6 is 11.3 Å². The van der Waals surface area contributed by atoms with Crippen LogP contribution in [0.5, 0.6) is 5.75 Å². The van der Waals surface area contributed by atoms with Gasteiger partial charge in [-0.25, -0.2) is 0 Å². The van der Waals surface area contributed by atoms with Crippen molar-refractivity contribution in [1.82, 2.24) is 20.4 Å². The van der Waals surface area contributed by atoms with E-state index in [-0.39, 0.29) is 30.0 Å². The van der Waals surface area contributed by atoms with Crippen molar-refractivity contribution in [2.75, 3.05) is 18.8 Å². The number of ether oxygens (including phenoxy) is 1. The first-order valence-corrected chi connectivity index (χ1v) is 11.3. The van der Waals surface area contributed by atoms with Gasteiger partial charge in [-0.3, -0.25) is 14.7 Å². The number of aromatic nitrogens is 2. The molecule has 1 aromatic carbocycles. The lowest BCUT2D eigenvalue weighted by Crippen LogP contribution is -2.44. The number of nitrogen functional groups attached to an aromatic ring is 1. The molecule has 0 radical (unpaired) electrons. The number of aliphatic imine (C=N–C) groups is 1. The first kappa shape index (κ1) is 23.2. The van der Waals surface area contributed by atoms with E-state index in [4.69, 9.17) is 5.73 Å². The van der Waals surface area contributed by atoms with Crippen LogP contribution in [0.3, 0.4) is 0 Å². The maximum Gasteiger partial charge on any atom is 0.573 e. The maximum atomic E-state index is 12.4. The predicted molar refractivity (Wildman–Crippen MR) is 118 cm³/mol. The Labute approximate surface area is 192 Å². The number of halogens is 3. The zero-order valence-corrected chi connectivity index (χ0v) is 18.4. The molecule has 1 saturated heterocycles. The highest BCUT2D eigenvalue weighted by atomic mass is 32.1. The molecule has 0 bridgehead atoms. The molecule has 3 atom stereocenters. The average molecular weight is 481 g/mol. The van der Waals surface area contributed by atoms with Crippen LogP contribution in [0, 0.1) is 0 Å². The van der Waals surface area contributed by atoms with Crippen LogP contribution in [-0.2, 0) is 11.2 Å². The van der Waals surface area contributed by atoms with Crippen molar-refractivity contribution >= 4 is 28.6 Å².